The van der Waals surface area contributed by atoms with E-state index >= 15 is 0 Å². The van der Waals surface area contributed by atoms with Gasteiger partial charge in [0.2, 0.25) is 0 Å². The maximum absolute atomic E-state index is 2.38. The second-order valence-corrected chi connectivity index (χ2v) is 6.52. The maximum Gasteiger partial charge on any atom is 0.00157 e. The van der Waals surface area contributed by atoms with Gasteiger partial charge in [0.05, 0.1) is 0 Å². The quantitative estimate of drug-likeness (QED) is 0.298. The molecule has 4 aromatic rings. The summed E-state index contributed by atoms with van der Waals surface area (Å²) in [5, 5.41) is 8.12. The molecule has 0 bridgehead atoms. The van der Waals surface area contributed by atoms with E-state index in [4.69, 9.17) is 0 Å². The molecule has 0 fully saturated rings. The first-order valence-corrected chi connectivity index (χ1v) is 11.2. The van der Waals surface area contributed by atoms with Gasteiger partial charge in [-0.25, -0.2) is 0 Å². The minimum absolute atomic E-state index is 0. The van der Waals surface area contributed by atoms with Gasteiger partial charge in [0.25, 0.3) is 0 Å². The van der Waals surface area contributed by atoms with Crippen LogP contribution >= 0.6 is 0 Å². The zero-order valence-corrected chi connectivity index (χ0v) is 19.7. The maximum atomic E-state index is 2.38. The molecule has 0 saturated heterocycles. The van der Waals surface area contributed by atoms with Crippen LogP contribution in [0.2, 0.25) is 0 Å². The summed E-state index contributed by atoms with van der Waals surface area (Å²) in [7, 11) is 4.26. The van der Waals surface area contributed by atoms with Gasteiger partial charge in [0.1, 0.15) is 0 Å². The summed E-state index contributed by atoms with van der Waals surface area (Å²) in [6, 6.07) is 24.5. The third kappa shape index (κ3) is 7.36. The van der Waals surface area contributed by atoms with Crippen molar-refractivity contribution in [2.45, 2.75) is 62.8 Å². The van der Waals surface area contributed by atoms with E-state index in [0.29, 0.717) is 0 Å². The summed E-state index contributed by atoms with van der Waals surface area (Å²) in [4.78, 5) is 2.24. The fourth-order valence-corrected chi connectivity index (χ4v) is 3.46. The molecule has 0 aliphatic carbocycles. The first-order valence-electron chi connectivity index (χ1n) is 11.2. The third-order valence-corrected chi connectivity index (χ3v) is 4.66. The topological polar surface area (TPSA) is 3.24 Å². The molecule has 1 heteroatoms. The van der Waals surface area contributed by atoms with Crippen LogP contribution in [0.3, 0.4) is 0 Å². The van der Waals surface area contributed by atoms with Crippen molar-refractivity contribution in [2.75, 3.05) is 20.6 Å². The Bertz CT molecular complexity index is 964. The number of hydrogen-bond donors (Lipinski definition) is 0. The molecule has 0 radical (unpaired) electrons. The van der Waals surface area contributed by atoms with E-state index < -0.39 is 0 Å². The Kier molecular flexibility index (Phi) is 16.2. The molecule has 0 spiro atoms. The average molecular weight is 422 g/mol. The number of hydrogen-bond acceptors (Lipinski definition) is 1. The predicted molar refractivity (Wildman–Crippen MR) is 149 cm³/mol. The van der Waals surface area contributed by atoms with Gasteiger partial charge in [-0.05, 0) is 58.4 Å². The van der Waals surface area contributed by atoms with Crippen LogP contribution in [0.5, 0.6) is 0 Å². The van der Waals surface area contributed by atoms with Crippen molar-refractivity contribution in [1.82, 2.24) is 4.90 Å². The zero-order chi connectivity index (χ0) is 21.8. The monoisotopic (exact) mass is 421 g/mol. The van der Waals surface area contributed by atoms with Crippen LogP contribution in [0, 0.1) is 0 Å². The molecule has 0 saturated carbocycles. The number of nitrogens with zero attached hydrogens (tertiary/aromatic N) is 1. The van der Waals surface area contributed by atoms with E-state index in [-0.39, 0.29) is 14.9 Å². The van der Waals surface area contributed by atoms with E-state index in [1.54, 1.807) is 0 Å². The van der Waals surface area contributed by atoms with Crippen molar-refractivity contribution in [1.29, 1.82) is 0 Å². The number of fused-ring (bicyclic) bond motifs is 6. The summed E-state index contributed by atoms with van der Waals surface area (Å²) in [6.45, 7) is 13.1. The molecule has 0 atom stereocenters. The molecule has 0 heterocycles. The molecule has 1 nitrogen and oxygen atoms in total. The minimum atomic E-state index is 0. The summed E-state index contributed by atoms with van der Waals surface area (Å²) >= 11 is 0. The van der Waals surface area contributed by atoms with Crippen LogP contribution in [0.1, 0.15) is 62.0 Å². The van der Waals surface area contributed by atoms with Crippen LogP contribution < -0.4 is 0 Å². The Morgan fingerprint density at radius 2 is 0.871 bits per heavy atom. The molecule has 0 amide bonds. The Hall–Kier alpha value is -2.38. The van der Waals surface area contributed by atoms with Crippen molar-refractivity contribution >= 4 is 32.3 Å². The van der Waals surface area contributed by atoms with Gasteiger partial charge in [-0.3, -0.25) is 0 Å². The molecule has 0 N–H and O–H groups in total. The molecular weight excluding hydrogens is 374 g/mol. The van der Waals surface area contributed by atoms with Crippen molar-refractivity contribution in [2.24, 2.45) is 0 Å². The van der Waals surface area contributed by atoms with Gasteiger partial charge in [0, 0.05) is 6.54 Å². The van der Waals surface area contributed by atoms with Crippen LogP contribution in [0.4, 0.5) is 0 Å². The highest BCUT2D eigenvalue weighted by molar-refractivity contribution is 6.25. The summed E-state index contributed by atoms with van der Waals surface area (Å²) < 4.78 is 0. The van der Waals surface area contributed by atoms with Crippen LogP contribution in [0.15, 0.2) is 66.7 Å². The lowest BCUT2D eigenvalue weighted by molar-refractivity contribution is 0.414. The van der Waals surface area contributed by atoms with E-state index in [2.05, 4.69) is 85.7 Å². The van der Waals surface area contributed by atoms with Crippen LogP contribution in [-0.4, -0.2) is 25.5 Å². The second kappa shape index (κ2) is 16.3. The molecule has 31 heavy (non-hydrogen) atoms. The fourth-order valence-electron chi connectivity index (χ4n) is 3.46. The highest BCUT2D eigenvalue weighted by Gasteiger charge is 2.08. The highest BCUT2D eigenvalue weighted by atomic mass is 15.0. The van der Waals surface area contributed by atoms with Crippen molar-refractivity contribution in [3.63, 3.8) is 0 Å². The molecule has 0 aliphatic heterocycles. The van der Waals surface area contributed by atoms with Crippen molar-refractivity contribution in [3.05, 3.63) is 72.3 Å². The summed E-state index contributed by atoms with van der Waals surface area (Å²) in [5.74, 6) is 0. The van der Waals surface area contributed by atoms with Gasteiger partial charge < -0.3 is 4.90 Å². The largest absolute Gasteiger partial charge is 0.309 e. The van der Waals surface area contributed by atoms with Crippen molar-refractivity contribution in [3.8, 4) is 0 Å². The summed E-state index contributed by atoms with van der Waals surface area (Å²) in [5.41, 5.74) is 1.41. The van der Waals surface area contributed by atoms with Crippen LogP contribution in [0.25, 0.3) is 32.3 Å². The smallest absolute Gasteiger partial charge is 0.00157 e. The normalized spacial score (nSPS) is 9.32. The SMILES string of the molecule is C.C.CC.CC.CC.CN(C)CCc1ccc2c3ccccc3c3ccccc3c2c1. The van der Waals surface area contributed by atoms with Gasteiger partial charge in [-0.1, -0.05) is 123 Å². The van der Waals surface area contributed by atoms with E-state index in [9.17, 15) is 0 Å². The zero-order valence-electron chi connectivity index (χ0n) is 19.7. The van der Waals surface area contributed by atoms with Gasteiger partial charge >= 0.3 is 0 Å². The lowest BCUT2D eigenvalue weighted by Crippen LogP contribution is -2.14. The summed E-state index contributed by atoms with van der Waals surface area (Å²) in [6.07, 6.45) is 1.09. The van der Waals surface area contributed by atoms with Crippen molar-refractivity contribution < 1.29 is 0 Å². The molecule has 0 aliphatic rings. The number of likely N-dealkylation sites (N-methyl/N-ethyl adjacent to an activating group) is 1. The molecule has 0 unspecified atom stereocenters. The van der Waals surface area contributed by atoms with E-state index in [1.807, 2.05) is 41.5 Å². The fraction of sp³-hybridized carbons (Fsp3) is 0.400. The first kappa shape index (κ1) is 30.8. The second-order valence-electron chi connectivity index (χ2n) is 6.52. The lowest BCUT2D eigenvalue weighted by Gasteiger charge is -2.13. The Morgan fingerprint density at radius 1 is 0.516 bits per heavy atom. The minimum Gasteiger partial charge on any atom is -0.309 e. The van der Waals surface area contributed by atoms with Gasteiger partial charge in [-0.2, -0.15) is 0 Å². The van der Waals surface area contributed by atoms with Gasteiger partial charge in [-0.15, -0.1) is 0 Å². The molecule has 4 aromatic carbocycles. The molecule has 4 rings (SSSR count). The Balaban J connectivity index is 0. The Labute approximate surface area is 193 Å². The van der Waals surface area contributed by atoms with E-state index in [0.717, 1.165) is 13.0 Å². The standard InChI is InChI=1S/C22H21N.3C2H6.2CH4/c1-23(2)14-13-16-11-12-21-19-9-4-3-7-17(19)18-8-5-6-10-20(18)22(21)15-16;3*1-2;;/h3-12,15H,13-14H2,1-2H3;3*1-2H3;2*1H4. The van der Waals surface area contributed by atoms with Gasteiger partial charge in [0.15, 0.2) is 0 Å². The predicted octanol–water partition coefficient (Wildman–Crippen LogP) is 9.60. The van der Waals surface area contributed by atoms with Crippen LogP contribution in [-0.2, 0) is 6.42 Å². The number of rotatable bonds is 3. The molecule has 0 aromatic heterocycles. The highest BCUT2D eigenvalue weighted by Crippen LogP contribution is 2.35. The molecular formula is C30H47N. The number of benzene rings is 4. The lowest BCUT2D eigenvalue weighted by atomic mass is 9.93. The van der Waals surface area contributed by atoms with E-state index in [1.165, 1.54) is 37.9 Å². The Morgan fingerprint density at radius 3 is 1.26 bits per heavy atom. The first-order chi connectivity index (χ1) is 14.2. The molecule has 172 valence electrons. The third-order valence-electron chi connectivity index (χ3n) is 4.66. The average Bonchev–Trinajstić information content (AvgIpc) is 2.82.